The van der Waals surface area contributed by atoms with Crippen molar-refractivity contribution in [3.63, 3.8) is 0 Å². The number of benzene rings is 2. The second-order valence-corrected chi connectivity index (χ2v) is 4.15. The molecule has 0 saturated carbocycles. The van der Waals surface area contributed by atoms with Gasteiger partial charge >= 0.3 is 0 Å². The summed E-state index contributed by atoms with van der Waals surface area (Å²) in [5, 5.41) is 12.4. The molecule has 92 valence electrons. The van der Waals surface area contributed by atoms with Gasteiger partial charge in [0.1, 0.15) is 0 Å². The van der Waals surface area contributed by atoms with Crippen molar-refractivity contribution < 1.29 is 9.90 Å². The first kappa shape index (κ1) is 12.3. The van der Waals surface area contributed by atoms with E-state index in [0.717, 1.165) is 5.56 Å². The Morgan fingerprint density at radius 2 is 1.67 bits per heavy atom. The molecule has 18 heavy (non-hydrogen) atoms. The third kappa shape index (κ3) is 2.96. The van der Waals surface area contributed by atoms with Crippen LogP contribution in [-0.2, 0) is 0 Å². The molecular formula is C15H15NO2. The average molecular weight is 241 g/mol. The van der Waals surface area contributed by atoms with Crippen molar-refractivity contribution in [2.24, 2.45) is 0 Å². The summed E-state index contributed by atoms with van der Waals surface area (Å²) in [6, 6.07) is 16.2. The number of hydrogen-bond donors (Lipinski definition) is 2. The second-order valence-electron chi connectivity index (χ2n) is 4.15. The Morgan fingerprint density at radius 1 is 1.06 bits per heavy atom. The van der Waals surface area contributed by atoms with Crippen molar-refractivity contribution in [2.75, 3.05) is 0 Å². The monoisotopic (exact) mass is 241 g/mol. The number of nitrogens with one attached hydrogen (secondary N) is 1. The van der Waals surface area contributed by atoms with Crippen LogP contribution >= 0.6 is 0 Å². The zero-order valence-corrected chi connectivity index (χ0v) is 10.1. The molecule has 2 aromatic rings. The van der Waals surface area contributed by atoms with Gasteiger partial charge in [0.25, 0.3) is 5.91 Å². The van der Waals surface area contributed by atoms with E-state index >= 15 is 0 Å². The molecule has 0 aliphatic heterocycles. The summed E-state index contributed by atoms with van der Waals surface area (Å²) in [7, 11) is 0. The third-order valence-electron chi connectivity index (χ3n) is 2.70. The number of carbonyl (C=O) groups excluding carboxylic acids is 1. The summed E-state index contributed by atoms with van der Waals surface area (Å²) in [6.45, 7) is 1.96. The quantitative estimate of drug-likeness (QED) is 0.811. The molecule has 0 aliphatic carbocycles. The molecule has 0 bridgehead atoms. The fourth-order valence-electron chi connectivity index (χ4n) is 1.63. The van der Waals surface area contributed by atoms with Crippen LogP contribution in [0.5, 0.6) is 0 Å². The summed E-state index contributed by atoms with van der Waals surface area (Å²) in [5.41, 5.74) is 2.30. The maximum atomic E-state index is 11.9. The van der Waals surface area contributed by atoms with Gasteiger partial charge in [0.15, 0.2) is 6.23 Å². The van der Waals surface area contributed by atoms with Crippen LogP contribution in [0.2, 0.25) is 0 Å². The largest absolute Gasteiger partial charge is 0.369 e. The molecule has 0 aromatic heterocycles. The normalized spacial score (nSPS) is 11.9. The van der Waals surface area contributed by atoms with Crippen molar-refractivity contribution in [3.8, 4) is 0 Å². The molecule has 0 spiro atoms. The van der Waals surface area contributed by atoms with Gasteiger partial charge < -0.3 is 10.4 Å². The lowest BCUT2D eigenvalue weighted by molar-refractivity contribution is 0.0783. The zero-order chi connectivity index (χ0) is 13.0. The van der Waals surface area contributed by atoms with Gasteiger partial charge in [0, 0.05) is 11.1 Å². The molecular weight excluding hydrogens is 226 g/mol. The fourth-order valence-corrected chi connectivity index (χ4v) is 1.63. The molecule has 0 saturated heterocycles. The predicted molar refractivity (Wildman–Crippen MR) is 70.0 cm³/mol. The topological polar surface area (TPSA) is 49.3 Å². The molecule has 1 unspecified atom stereocenters. The first-order valence-electron chi connectivity index (χ1n) is 5.77. The van der Waals surface area contributed by atoms with Crippen LogP contribution in [0.3, 0.4) is 0 Å². The van der Waals surface area contributed by atoms with Gasteiger partial charge in [-0.05, 0) is 19.1 Å². The SMILES string of the molecule is Cc1ccc(C(=O)NC(O)c2ccccc2)cc1. The van der Waals surface area contributed by atoms with Crippen molar-refractivity contribution >= 4 is 5.91 Å². The first-order valence-corrected chi connectivity index (χ1v) is 5.77. The highest BCUT2D eigenvalue weighted by Gasteiger charge is 2.11. The van der Waals surface area contributed by atoms with E-state index < -0.39 is 6.23 Å². The Hall–Kier alpha value is -2.13. The van der Waals surface area contributed by atoms with E-state index in [-0.39, 0.29) is 5.91 Å². The molecule has 0 radical (unpaired) electrons. The summed E-state index contributed by atoms with van der Waals surface area (Å²) >= 11 is 0. The van der Waals surface area contributed by atoms with Crippen LogP contribution in [-0.4, -0.2) is 11.0 Å². The molecule has 3 heteroatoms. The molecule has 2 aromatic carbocycles. The smallest absolute Gasteiger partial charge is 0.253 e. The van der Waals surface area contributed by atoms with Crippen molar-refractivity contribution in [3.05, 3.63) is 71.3 Å². The number of rotatable bonds is 3. The van der Waals surface area contributed by atoms with E-state index in [1.165, 1.54) is 0 Å². The van der Waals surface area contributed by atoms with E-state index in [1.54, 1.807) is 24.3 Å². The maximum absolute atomic E-state index is 11.9. The predicted octanol–water partition coefficient (Wildman–Crippen LogP) is 2.42. The van der Waals surface area contributed by atoms with Crippen molar-refractivity contribution in [2.45, 2.75) is 13.2 Å². The molecule has 2 rings (SSSR count). The average Bonchev–Trinajstić information content (AvgIpc) is 2.40. The van der Waals surface area contributed by atoms with Gasteiger partial charge in [-0.25, -0.2) is 0 Å². The van der Waals surface area contributed by atoms with Crippen LogP contribution in [0.1, 0.15) is 27.7 Å². The number of aliphatic hydroxyl groups excluding tert-OH is 1. The maximum Gasteiger partial charge on any atom is 0.253 e. The summed E-state index contributed by atoms with van der Waals surface area (Å²) in [4.78, 5) is 11.9. The van der Waals surface area contributed by atoms with Crippen LogP contribution in [0, 0.1) is 6.92 Å². The molecule has 0 fully saturated rings. The van der Waals surface area contributed by atoms with Crippen molar-refractivity contribution in [1.29, 1.82) is 0 Å². The first-order chi connectivity index (χ1) is 8.66. The second kappa shape index (κ2) is 5.47. The Morgan fingerprint density at radius 3 is 2.28 bits per heavy atom. The lowest BCUT2D eigenvalue weighted by atomic mass is 10.1. The Kier molecular flexibility index (Phi) is 3.75. The number of aryl methyl sites for hydroxylation is 1. The number of carbonyl (C=O) groups is 1. The minimum atomic E-state index is -0.986. The number of amides is 1. The third-order valence-corrected chi connectivity index (χ3v) is 2.70. The number of hydrogen-bond acceptors (Lipinski definition) is 2. The van der Waals surface area contributed by atoms with Gasteiger partial charge in [0.05, 0.1) is 0 Å². The molecule has 0 heterocycles. The van der Waals surface area contributed by atoms with Gasteiger partial charge in [-0.15, -0.1) is 0 Å². The lowest BCUT2D eigenvalue weighted by Crippen LogP contribution is -2.28. The van der Waals surface area contributed by atoms with E-state index in [1.807, 2.05) is 37.3 Å². The molecule has 1 atom stereocenters. The zero-order valence-electron chi connectivity index (χ0n) is 10.1. The van der Waals surface area contributed by atoms with Gasteiger partial charge in [-0.1, -0.05) is 48.0 Å². The molecule has 1 amide bonds. The Balaban J connectivity index is 2.06. The highest BCUT2D eigenvalue weighted by Crippen LogP contribution is 2.10. The van der Waals surface area contributed by atoms with E-state index in [2.05, 4.69) is 5.32 Å². The van der Waals surface area contributed by atoms with E-state index in [4.69, 9.17) is 0 Å². The summed E-state index contributed by atoms with van der Waals surface area (Å²) in [6.07, 6.45) is -0.986. The highest BCUT2D eigenvalue weighted by atomic mass is 16.3. The fraction of sp³-hybridized carbons (Fsp3) is 0.133. The molecule has 2 N–H and O–H groups in total. The summed E-state index contributed by atoms with van der Waals surface area (Å²) in [5.74, 6) is -0.286. The Labute approximate surface area is 106 Å². The summed E-state index contributed by atoms with van der Waals surface area (Å²) < 4.78 is 0. The van der Waals surface area contributed by atoms with Crippen LogP contribution in [0.25, 0.3) is 0 Å². The molecule has 0 aliphatic rings. The van der Waals surface area contributed by atoms with E-state index in [9.17, 15) is 9.90 Å². The lowest BCUT2D eigenvalue weighted by Gasteiger charge is -2.13. The molecule has 3 nitrogen and oxygen atoms in total. The minimum Gasteiger partial charge on any atom is -0.369 e. The van der Waals surface area contributed by atoms with E-state index in [0.29, 0.717) is 11.1 Å². The minimum absolute atomic E-state index is 0.286. The standard InChI is InChI=1S/C15H15NO2/c1-11-7-9-13(10-8-11)15(18)16-14(17)12-5-3-2-4-6-12/h2-10,14,17H,1H3,(H,16,18). The van der Waals surface area contributed by atoms with Gasteiger partial charge in [-0.2, -0.15) is 0 Å². The highest BCUT2D eigenvalue weighted by molar-refractivity contribution is 5.94. The van der Waals surface area contributed by atoms with Crippen LogP contribution in [0.15, 0.2) is 54.6 Å². The van der Waals surface area contributed by atoms with Crippen LogP contribution < -0.4 is 5.32 Å². The Bertz CT molecular complexity index is 520. The van der Waals surface area contributed by atoms with Crippen molar-refractivity contribution in [1.82, 2.24) is 5.32 Å². The van der Waals surface area contributed by atoms with Gasteiger partial charge in [-0.3, -0.25) is 4.79 Å². The number of aliphatic hydroxyl groups is 1. The van der Waals surface area contributed by atoms with Crippen LogP contribution in [0.4, 0.5) is 0 Å². The van der Waals surface area contributed by atoms with Gasteiger partial charge in [0.2, 0.25) is 0 Å².